The van der Waals surface area contributed by atoms with E-state index in [0.717, 1.165) is 0 Å². The lowest BCUT2D eigenvalue weighted by atomic mass is 10.1. The van der Waals surface area contributed by atoms with E-state index in [4.69, 9.17) is 10.2 Å². The Hall–Kier alpha value is -2.00. The molecule has 2 unspecified atom stereocenters. The lowest BCUT2D eigenvalue weighted by Crippen LogP contribution is -2.20. The van der Waals surface area contributed by atoms with Crippen LogP contribution in [0.4, 0.5) is 0 Å². The molecule has 8 nitrogen and oxygen atoms in total. The summed E-state index contributed by atoms with van der Waals surface area (Å²) in [7, 11) is 0. The van der Waals surface area contributed by atoms with Gasteiger partial charge in [0.25, 0.3) is 0 Å². The summed E-state index contributed by atoms with van der Waals surface area (Å²) in [5, 5.41) is 35.7. The number of hydrogen-bond acceptors (Lipinski definition) is 8. The van der Waals surface area contributed by atoms with Crippen LogP contribution in [-0.2, 0) is 9.47 Å². The van der Waals surface area contributed by atoms with Gasteiger partial charge in [-0.05, 0) is 24.3 Å². The zero-order valence-corrected chi connectivity index (χ0v) is 11.7. The summed E-state index contributed by atoms with van der Waals surface area (Å²) in [5.41, 5.74) is 0.203. The van der Waals surface area contributed by atoms with Crippen molar-refractivity contribution in [1.29, 1.82) is 0 Å². The third-order valence-electron chi connectivity index (χ3n) is 2.59. The molecule has 0 aliphatic heterocycles. The Morgan fingerprint density at radius 1 is 0.818 bits per heavy atom. The summed E-state index contributed by atoms with van der Waals surface area (Å²) >= 11 is 0. The van der Waals surface area contributed by atoms with E-state index in [1.807, 2.05) is 0 Å². The van der Waals surface area contributed by atoms with Crippen LogP contribution >= 0.6 is 0 Å². The smallest absolute Gasteiger partial charge is 0.340 e. The standard InChI is InChI=1S/C14H18O8/c15-7-5-11(17)21-13(19)9-1-2-10(4-3-9)14(20)22-12(18)6-8-16/h1-4,11-12,15-18H,5-8H2. The summed E-state index contributed by atoms with van der Waals surface area (Å²) < 4.78 is 9.29. The van der Waals surface area contributed by atoms with E-state index < -0.39 is 24.5 Å². The minimum absolute atomic E-state index is 0.0983. The first kappa shape index (κ1) is 18.1. The first-order valence-electron chi connectivity index (χ1n) is 6.57. The van der Waals surface area contributed by atoms with Crippen LogP contribution in [0, 0.1) is 0 Å². The van der Waals surface area contributed by atoms with Gasteiger partial charge < -0.3 is 29.9 Å². The maximum absolute atomic E-state index is 11.6. The lowest BCUT2D eigenvalue weighted by Gasteiger charge is -2.12. The van der Waals surface area contributed by atoms with E-state index in [1.165, 1.54) is 24.3 Å². The van der Waals surface area contributed by atoms with E-state index in [9.17, 15) is 19.8 Å². The van der Waals surface area contributed by atoms with Crippen molar-refractivity contribution < 1.29 is 39.5 Å². The quantitative estimate of drug-likeness (QED) is 0.369. The molecule has 0 radical (unpaired) electrons. The molecule has 8 heteroatoms. The van der Waals surface area contributed by atoms with Gasteiger partial charge in [-0.1, -0.05) is 0 Å². The molecule has 0 saturated carbocycles. The van der Waals surface area contributed by atoms with E-state index in [0.29, 0.717) is 0 Å². The molecule has 1 aromatic carbocycles. The molecule has 1 aromatic rings. The fourth-order valence-corrected chi connectivity index (χ4v) is 1.46. The fourth-order valence-electron chi connectivity index (χ4n) is 1.46. The molecule has 0 amide bonds. The van der Waals surface area contributed by atoms with Gasteiger partial charge in [0, 0.05) is 26.1 Å². The monoisotopic (exact) mass is 314 g/mol. The summed E-state index contributed by atoms with van der Waals surface area (Å²) in [6, 6.07) is 5.18. The normalized spacial score (nSPS) is 13.3. The van der Waals surface area contributed by atoms with Crippen molar-refractivity contribution in [1.82, 2.24) is 0 Å². The molecule has 2 atom stereocenters. The van der Waals surface area contributed by atoms with Crippen molar-refractivity contribution in [2.24, 2.45) is 0 Å². The molecule has 0 spiro atoms. The van der Waals surface area contributed by atoms with Crippen LogP contribution in [-0.4, -0.2) is 58.2 Å². The highest BCUT2D eigenvalue weighted by Crippen LogP contribution is 2.10. The van der Waals surface area contributed by atoms with Crippen LogP contribution in [0.1, 0.15) is 33.6 Å². The Balaban J connectivity index is 2.62. The topological polar surface area (TPSA) is 134 Å². The van der Waals surface area contributed by atoms with Crippen molar-refractivity contribution in [2.45, 2.75) is 25.4 Å². The van der Waals surface area contributed by atoms with Gasteiger partial charge >= 0.3 is 11.9 Å². The molecule has 0 bridgehead atoms. The largest absolute Gasteiger partial charge is 0.432 e. The van der Waals surface area contributed by atoms with Gasteiger partial charge in [0.15, 0.2) is 0 Å². The number of ether oxygens (including phenoxy) is 2. The summed E-state index contributed by atoms with van der Waals surface area (Å²) in [6.07, 6.45) is -3.01. The predicted molar refractivity (Wildman–Crippen MR) is 72.7 cm³/mol. The number of carbonyl (C=O) groups excluding carboxylic acids is 2. The molecule has 22 heavy (non-hydrogen) atoms. The van der Waals surface area contributed by atoms with Gasteiger partial charge in [0.1, 0.15) is 0 Å². The molecule has 0 saturated heterocycles. The zero-order valence-electron chi connectivity index (χ0n) is 11.7. The average molecular weight is 314 g/mol. The maximum atomic E-state index is 11.6. The van der Waals surface area contributed by atoms with Gasteiger partial charge in [-0.15, -0.1) is 0 Å². The molecule has 1 rings (SSSR count). The van der Waals surface area contributed by atoms with E-state index in [-0.39, 0.29) is 37.2 Å². The molecular formula is C14H18O8. The van der Waals surface area contributed by atoms with E-state index >= 15 is 0 Å². The number of aliphatic hydroxyl groups excluding tert-OH is 4. The number of esters is 2. The zero-order chi connectivity index (χ0) is 16.5. The SMILES string of the molecule is O=C(OC(O)CCO)c1ccc(C(=O)OC(O)CCO)cc1. The van der Waals surface area contributed by atoms with Gasteiger partial charge in [0.2, 0.25) is 12.6 Å². The van der Waals surface area contributed by atoms with E-state index in [2.05, 4.69) is 9.47 Å². The van der Waals surface area contributed by atoms with Gasteiger partial charge in [-0.2, -0.15) is 0 Å². The Kier molecular flexibility index (Phi) is 7.47. The summed E-state index contributed by atoms with van der Waals surface area (Å²) in [4.78, 5) is 23.3. The molecule has 0 aliphatic rings. The van der Waals surface area contributed by atoms with Crippen molar-refractivity contribution in [3.05, 3.63) is 35.4 Å². The second-order valence-corrected chi connectivity index (χ2v) is 4.32. The first-order chi connectivity index (χ1) is 10.5. The molecule has 0 heterocycles. The fraction of sp³-hybridized carbons (Fsp3) is 0.429. The van der Waals surface area contributed by atoms with Crippen molar-refractivity contribution in [3.63, 3.8) is 0 Å². The molecule has 4 N–H and O–H groups in total. The summed E-state index contributed by atoms with van der Waals surface area (Å²) in [5.74, 6) is -1.61. The van der Waals surface area contributed by atoms with Crippen LogP contribution in [0.5, 0.6) is 0 Å². The molecule has 0 fully saturated rings. The number of benzene rings is 1. The lowest BCUT2D eigenvalue weighted by molar-refractivity contribution is -0.0757. The Labute approximate surface area is 126 Å². The molecule has 122 valence electrons. The highest BCUT2D eigenvalue weighted by molar-refractivity contribution is 5.93. The summed E-state index contributed by atoms with van der Waals surface area (Å²) in [6.45, 7) is -0.648. The van der Waals surface area contributed by atoms with Crippen LogP contribution in [0.2, 0.25) is 0 Å². The van der Waals surface area contributed by atoms with Gasteiger partial charge in [-0.25, -0.2) is 9.59 Å². The Morgan fingerprint density at radius 3 is 1.41 bits per heavy atom. The number of carbonyl (C=O) groups is 2. The van der Waals surface area contributed by atoms with Gasteiger partial charge in [0.05, 0.1) is 11.1 Å². The molecule has 0 aliphatic carbocycles. The Bertz CT molecular complexity index is 439. The minimum Gasteiger partial charge on any atom is -0.432 e. The number of aliphatic hydroxyl groups is 4. The van der Waals surface area contributed by atoms with Crippen molar-refractivity contribution in [2.75, 3.05) is 13.2 Å². The molecule has 0 aromatic heterocycles. The highest BCUT2D eigenvalue weighted by Gasteiger charge is 2.16. The third-order valence-corrected chi connectivity index (χ3v) is 2.59. The van der Waals surface area contributed by atoms with Crippen LogP contribution in [0.25, 0.3) is 0 Å². The van der Waals surface area contributed by atoms with Crippen LogP contribution < -0.4 is 0 Å². The van der Waals surface area contributed by atoms with Crippen LogP contribution in [0.3, 0.4) is 0 Å². The van der Waals surface area contributed by atoms with Crippen molar-refractivity contribution >= 4 is 11.9 Å². The first-order valence-corrected chi connectivity index (χ1v) is 6.57. The van der Waals surface area contributed by atoms with E-state index in [1.54, 1.807) is 0 Å². The average Bonchev–Trinajstić information content (AvgIpc) is 2.47. The predicted octanol–water partition coefficient (Wildman–Crippen LogP) is -0.598. The second-order valence-electron chi connectivity index (χ2n) is 4.32. The number of rotatable bonds is 8. The van der Waals surface area contributed by atoms with Crippen LogP contribution in [0.15, 0.2) is 24.3 Å². The number of hydrogen-bond donors (Lipinski definition) is 4. The third kappa shape index (κ3) is 5.78. The minimum atomic E-state index is -1.41. The Morgan fingerprint density at radius 2 is 1.14 bits per heavy atom. The molecular weight excluding hydrogens is 296 g/mol. The maximum Gasteiger partial charge on any atom is 0.340 e. The van der Waals surface area contributed by atoms with Crippen molar-refractivity contribution in [3.8, 4) is 0 Å². The highest BCUT2D eigenvalue weighted by atomic mass is 16.6. The second kappa shape index (κ2) is 9.11. The van der Waals surface area contributed by atoms with Gasteiger partial charge in [-0.3, -0.25) is 0 Å².